The number of nitro benzene ring substituents is 2. The molecule has 9 atom stereocenters. The van der Waals surface area contributed by atoms with Gasteiger partial charge in [-0.2, -0.15) is 0 Å². The van der Waals surface area contributed by atoms with E-state index in [0.717, 1.165) is 36.4 Å². The first kappa shape index (κ1) is 65.7. The van der Waals surface area contributed by atoms with Gasteiger partial charge in [-0.1, -0.05) is 51.3 Å². The van der Waals surface area contributed by atoms with E-state index < -0.39 is 132 Å². The molecule has 0 aromatic heterocycles. The maximum absolute atomic E-state index is 11.8. The fraction of sp³-hybridized carbons (Fsp3) is 0.304. The van der Waals surface area contributed by atoms with Crippen molar-refractivity contribution in [3.8, 4) is 11.5 Å². The van der Waals surface area contributed by atoms with Gasteiger partial charge < -0.3 is 86.2 Å². The van der Waals surface area contributed by atoms with E-state index in [4.69, 9.17) is 36.4 Å². The summed E-state index contributed by atoms with van der Waals surface area (Å²) in [6.07, 6.45) is -14.2. The van der Waals surface area contributed by atoms with Gasteiger partial charge in [0.1, 0.15) is 97.2 Å². The average Bonchev–Trinajstić information content (AvgIpc) is 3.39. The van der Waals surface area contributed by atoms with Gasteiger partial charge in [0, 0.05) is 40.2 Å². The highest BCUT2D eigenvalue weighted by molar-refractivity contribution is 7.86. The minimum Gasteiger partial charge on any atom is -0.744 e. The number of azo groups is 2. The molecule has 6 aromatic carbocycles. The van der Waals surface area contributed by atoms with E-state index in [-0.39, 0.29) is 76.2 Å². The largest absolute Gasteiger partial charge is 0.744 e. The Morgan fingerprint density at radius 2 is 1.06 bits per heavy atom. The van der Waals surface area contributed by atoms with Crippen LogP contribution in [0.5, 0.6) is 11.5 Å². The molecule has 0 saturated carbocycles. The van der Waals surface area contributed by atoms with Crippen molar-refractivity contribution in [1.82, 2.24) is 0 Å². The van der Waals surface area contributed by atoms with E-state index in [9.17, 15) is 76.8 Å². The Bertz CT molecular complexity index is 3410. The second-order valence-electron chi connectivity index (χ2n) is 16.2. The molecule has 15 N–H and O–H groups in total. The van der Waals surface area contributed by atoms with Crippen LogP contribution in [-0.4, -0.2) is 172 Å². The van der Waals surface area contributed by atoms with Crippen molar-refractivity contribution < 1.29 is 102 Å². The molecule has 6 aromatic rings. The quantitative estimate of drug-likeness (QED) is 0.0217. The van der Waals surface area contributed by atoms with Gasteiger partial charge in [0.25, 0.3) is 11.4 Å². The lowest BCUT2D eigenvalue weighted by Crippen LogP contribution is -2.58. The number of hydrogen-bond donors (Lipinski definition) is 14. The number of phenolic OH excluding ortho intramolecular Hbond substituents is 2. The Hall–Kier alpha value is -7.58. The third kappa shape index (κ3) is 16.0. The number of aromatic hydroxyl groups is 2. The van der Waals surface area contributed by atoms with Gasteiger partial charge >= 0.3 is 0 Å². The third-order valence-electron chi connectivity index (χ3n) is 11.1. The SMILES string of the molecule is C.C.Nc1ccc2c(S(=O)(=O)[O-])cccc2c1N=Nc1ccc([N+](=O)[O-])cc1O.O=[N+]([O-])c1ccc(N=Nc2c(NCC(O)C(O)C(O)C(O)CO)ccc3c(S(=O)(=O)[O-])cccc23)c(O)c1.OCC1OC(O)C(O)C(O)C1O. The van der Waals surface area contributed by atoms with Crippen LogP contribution in [0.25, 0.3) is 21.5 Å². The lowest BCUT2D eigenvalue weighted by molar-refractivity contribution is -0.385. The van der Waals surface area contributed by atoms with Crippen molar-refractivity contribution in [3.05, 3.63) is 117 Å². The van der Waals surface area contributed by atoms with Gasteiger partial charge in [0.05, 0.1) is 62.5 Å². The zero-order valence-corrected chi connectivity index (χ0v) is 40.6. The number of ether oxygens (including phenoxy) is 1. The fourth-order valence-electron chi connectivity index (χ4n) is 7.05. The zero-order chi connectivity index (χ0) is 57.3. The number of aliphatic hydroxyl groups is 10. The number of non-ortho nitro benzene ring substituents is 2. The number of aliphatic hydroxyl groups excluding tert-OH is 10. The minimum absolute atomic E-state index is 0. The molecule has 1 aliphatic heterocycles. The molecular weight excluding hydrogens is 1100 g/mol. The summed E-state index contributed by atoms with van der Waals surface area (Å²) in [6, 6.07) is 19.5. The number of nitrogens with two attached hydrogens (primary N) is 1. The molecule has 31 nitrogen and oxygen atoms in total. The second-order valence-corrected chi connectivity index (χ2v) is 18.9. The van der Waals surface area contributed by atoms with Gasteiger partial charge in [0.2, 0.25) is 0 Å². The molecule has 0 radical (unpaired) electrons. The topological polar surface area (TPSA) is 540 Å². The highest BCUT2D eigenvalue weighted by Gasteiger charge is 2.42. The van der Waals surface area contributed by atoms with E-state index >= 15 is 0 Å². The number of phenols is 2. The molecule has 0 aliphatic carbocycles. The number of benzene rings is 6. The summed E-state index contributed by atoms with van der Waals surface area (Å²) < 4.78 is 74.1. The number of fused-ring (bicyclic) bond motifs is 2. The van der Waals surface area contributed by atoms with E-state index in [0.29, 0.717) is 0 Å². The summed E-state index contributed by atoms with van der Waals surface area (Å²) in [6.45, 7) is -1.83. The van der Waals surface area contributed by atoms with E-state index in [1.807, 2.05) is 0 Å². The van der Waals surface area contributed by atoms with Crippen LogP contribution in [0.2, 0.25) is 0 Å². The van der Waals surface area contributed by atoms with Gasteiger partial charge in [0.15, 0.2) is 6.29 Å². The predicted octanol–water partition coefficient (Wildman–Crippen LogP) is 2.03. The average molecular weight is 1150 g/mol. The molecule has 1 heterocycles. The minimum atomic E-state index is -4.89. The van der Waals surface area contributed by atoms with Crippen LogP contribution in [0.1, 0.15) is 14.9 Å². The summed E-state index contributed by atoms with van der Waals surface area (Å²) >= 11 is 0. The van der Waals surface area contributed by atoms with Gasteiger partial charge in [-0.15, -0.1) is 20.5 Å². The summed E-state index contributed by atoms with van der Waals surface area (Å²) in [5.74, 6) is -1.04. The summed E-state index contributed by atoms with van der Waals surface area (Å²) in [4.78, 5) is 19.2. The van der Waals surface area contributed by atoms with Gasteiger partial charge in [-0.3, -0.25) is 20.2 Å². The maximum atomic E-state index is 11.8. The molecule has 1 fully saturated rings. The second kappa shape index (κ2) is 27.8. The van der Waals surface area contributed by atoms with Crippen molar-refractivity contribution in [1.29, 1.82) is 0 Å². The van der Waals surface area contributed by atoms with E-state index in [2.05, 4.69) is 30.5 Å². The van der Waals surface area contributed by atoms with Crippen molar-refractivity contribution in [2.75, 3.05) is 30.8 Å². The smallest absolute Gasteiger partial charge is 0.273 e. The van der Waals surface area contributed by atoms with Crippen LogP contribution >= 0.6 is 0 Å². The van der Waals surface area contributed by atoms with Crippen molar-refractivity contribution in [2.45, 2.75) is 79.8 Å². The standard InChI is InChI=1S/C22H24N4O11S.C16H12N4O6S.C6H12O6.2CH4/c27-10-18(30)22(32)21(31)17(29)9-23-15-7-5-12-13(2-1-3-19(12)38(35,36)37)20(15)25-24-14-6-4-11(26(33)34)8-16(14)28;17-12-6-5-10-11(2-1-3-15(10)27(24,25)26)16(12)19-18-13-7-4-9(20(22)23)8-14(13)21;7-1-2-3(8)4(9)5(10)6(11)12-2;;/h1-8,17-18,21-23,27-32H,9-10H2,(H,35,36,37);1-8,21H,17H2,(H,24,25,26);2-11H,1H2;2*1H4/p-2. The zero-order valence-electron chi connectivity index (χ0n) is 39.0. The van der Waals surface area contributed by atoms with Crippen molar-refractivity contribution in [3.63, 3.8) is 0 Å². The van der Waals surface area contributed by atoms with Gasteiger partial charge in [-0.25, -0.2) is 16.8 Å². The van der Waals surface area contributed by atoms with Crippen LogP contribution < -0.4 is 11.1 Å². The Balaban J connectivity index is 0.000000347. The molecule has 7 rings (SSSR count). The van der Waals surface area contributed by atoms with Crippen LogP contribution in [0, 0.1) is 20.2 Å². The number of rotatable bonds is 16. The van der Waals surface area contributed by atoms with Gasteiger partial charge in [-0.05, 0) is 36.4 Å². The van der Waals surface area contributed by atoms with Crippen LogP contribution in [0.4, 0.5) is 45.5 Å². The van der Waals surface area contributed by atoms with Crippen molar-refractivity contribution >= 4 is 87.3 Å². The molecule has 0 amide bonds. The monoisotopic (exact) mass is 1150 g/mol. The number of nitrogens with one attached hydrogen (secondary N) is 1. The third-order valence-corrected chi connectivity index (χ3v) is 12.9. The fourth-order valence-corrected chi connectivity index (χ4v) is 8.43. The summed E-state index contributed by atoms with van der Waals surface area (Å²) in [5, 5.41) is 154. The first-order chi connectivity index (χ1) is 36.1. The Kier molecular flexibility index (Phi) is 23.1. The number of anilines is 2. The Morgan fingerprint density at radius 3 is 1.51 bits per heavy atom. The summed E-state index contributed by atoms with van der Waals surface area (Å²) in [5.41, 5.74) is 5.22. The highest BCUT2D eigenvalue weighted by Crippen LogP contribution is 2.41. The molecule has 1 aliphatic rings. The lowest BCUT2D eigenvalue weighted by atomic mass is 10.00. The van der Waals surface area contributed by atoms with Crippen LogP contribution in [-0.2, 0) is 25.0 Å². The molecule has 1 saturated heterocycles. The molecule has 0 bridgehead atoms. The molecule has 430 valence electrons. The predicted molar refractivity (Wildman–Crippen MR) is 275 cm³/mol. The molecule has 33 heteroatoms. The number of nitro groups is 2. The summed E-state index contributed by atoms with van der Waals surface area (Å²) in [7, 11) is -9.61. The first-order valence-corrected chi connectivity index (χ1v) is 24.5. The Morgan fingerprint density at radius 1 is 0.608 bits per heavy atom. The van der Waals surface area contributed by atoms with E-state index in [1.165, 1.54) is 60.7 Å². The number of nitrogen functional groups attached to an aromatic ring is 1. The maximum Gasteiger partial charge on any atom is 0.273 e. The van der Waals surface area contributed by atoms with Crippen molar-refractivity contribution in [2.24, 2.45) is 20.5 Å². The number of hydrogen-bond acceptors (Lipinski definition) is 29. The normalized spacial score (nSPS) is 18.9. The van der Waals surface area contributed by atoms with E-state index in [1.54, 1.807) is 0 Å². The highest BCUT2D eigenvalue weighted by atomic mass is 32.2. The van der Waals surface area contributed by atoms with Crippen LogP contribution in [0.3, 0.4) is 0 Å². The molecule has 79 heavy (non-hydrogen) atoms. The first-order valence-electron chi connectivity index (χ1n) is 21.7. The Labute approximate surface area is 447 Å². The molecule has 0 spiro atoms. The molecular formula is C46H54N8O23S2-2. The number of nitrogens with zero attached hydrogens (tertiary/aromatic N) is 6. The van der Waals surface area contributed by atoms with Crippen LogP contribution in [0.15, 0.2) is 127 Å². The lowest BCUT2D eigenvalue weighted by Gasteiger charge is -2.37. The molecule has 9 unspecified atom stereocenters.